The highest BCUT2D eigenvalue weighted by Crippen LogP contribution is 2.57. The summed E-state index contributed by atoms with van der Waals surface area (Å²) in [6.07, 6.45) is 0.315. The Morgan fingerprint density at radius 3 is 2.40 bits per heavy atom. The van der Waals surface area contributed by atoms with E-state index >= 15 is 0 Å². The Morgan fingerprint density at radius 2 is 1.97 bits per heavy atom. The Morgan fingerprint density at radius 1 is 1.37 bits per heavy atom. The maximum atomic E-state index is 12.8. The summed E-state index contributed by atoms with van der Waals surface area (Å²) in [5.41, 5.74) is -1.61. The quantitative estimate of drug-likeness (QED) is 0.186. The van der Waals surface area contributed by atoms with E-state index in [1.54, 1.807) is 0 Å². The van der Waals surface area contributed by atoms with Crippen molar-refractivity contribution in [3.05, 3.63) is 24.3 Å². The lowest BCUT2D eigenvalue weighted by Gasteiger charge is -2.47. The molecule has 2 fully saturated rings. The number of amides is 2. The number of carbonyl (C=O) groups is 3. The lowest BCUT2D eigenvalue weighted by Crippen LogP contribution is -2.76. The van der Waals surface area contributed by atoms with E-state index in [0.717, 1.165) is 11.5 Å². The van der Waals surface area contributed by atoms with Crippen LogP contribution >= 0.6 is 69.2 Å². The molecule has 2 amide bonds. The van der Waals surface area contributed by atoms with Gasteiger partial charge in [-0.1, -0.05) is 69.5 Å². The van der Waals surface area contributed by atoms with Gasteiger partial charge in [0.25, 0.3) is 0 Å². The SMILES string of the molecule is CC(=O)NC1(C(=O)OCC(Cl)(Cl)Cl)N2C(=O)C[C@H]2SC1(C)CI.c1ccc2c(c1)O2. The minimum Gasteiger partial charge on any atom is -0.458 e. The van der Waals surface area contributed by atoms with Crippen LogP contribution in [0.4, 0.5) is 0 Å². The molecule has 1 aromatic carbocycles. The molecule has 3 aliphatic heterocycles. The summed E-state index contributed by atoms with van der Waals surface area (Å²) in [6, 6.07) is 7.84. The fraction of sp³-hybridized carbons (Fsp3) is 0.500. The van der Waals surface area contributed by atoms with Gasteiger partial charge in [-0.15, -0.1) is 11.8 Å². The average Bonchev–Trinajstić information content (AvgIpc) is 3.40. The van der Waals surface area contributed by atoms with Crippen molar-refractivity contribution in [1.29, 1.82) is 0 Å². The van der Waals surface area contributed by atoms with Gasteiger partial charge >= 0.3 is 5.97 Å². The number of nitrogens with zero attached hydrogens (tertiary/aromatic N) is 1. The number of halogens is 4. The molecule has 12 heteroatoms. The Hall–Kier alpha value is -0.620. The molecule has 3 heterocycles. The van der Waals surface area contributed by atoms with Gasteiger partial charge in [0.2, 0.25) is 21.3 Å². The van der Waals surface area contributed by atoms with Gasteiger partial charge < -0.3 is 14.8 Å². The van der Waals surface area contributed by atoms with Crippen LogP contribution in [0.25, 0.3) is 0 Å². The van der Waals surface area contributed by atoms with Crippen LogP contribution in [0.2, 0.25) is 0 Å². The summed E-state index contributed by atoms with van der Waals surface area (Å²) >= 11 is 20.5. The fourth-order valence-corrected chi connectivity index (χ4v) is 6.26. The zero-order valence-corrected chi connectivity index (χ0v) is 21.2. The lowest BCUT2D eigenvalue weighted by molar-refractivity contribution is -0.177. The Balaban J connectivity index is 0.000000302. The molecule has 1 aromatic rings. The number of thioether (sulfide) groups is 1. The molecule has 4 rings (SSSR count). The summed E-state index contributed by atoms with van der Waals surface area (Å²) in [7, 11) is 0. The molecule has 0 saturated carbocycles. The van der Waals surface area contributed by atoms with Gasteiger partial charge in [-0.25, -0.2) is 4.79 Å². The largest absolute Gasteiger partial charge is 0.458 e. The number of carbonyl (C=O) groups excluding carboxylic acids is 3. The lowest BCUT2D eigenvalue weighted by atomic mass is 9.89. The second-order valence-electron chi connectivity index (χ2n) is 7.04. The minimum atomic E-state index is -1.78. The number of esters is 1. The zero-order chi connectivity index (χ0) is 22.3. The van der Waals surface area contributed by atoms with E-state index in [1.807, 2.05) is 31.2 Å². The van der Waals surface area contributed by atoms with Gasteiger partial charge in [-0.3, -0.25) is 14.5 Å². The Kier molecular flexibility index (Phi) is 6.99. The molecule has 30 heavy (non-hydrogen) atoms. The van der Waals surface area contributed by atoms with Crippen molar-refractivity contribution in [1.82, 2.24) is 10.2 Å². The molecule has 3 aliphatic rings. The molecule has 0 aliphatic carbocycles. The van der Waals surface area contributed by atoms with Gasteiger partial charge in [-0.2, -0.15) is 0 Å². The van der Waals surface area contributed by atoms with Gasteiger partial charge in [0.1, 0.15) is 6.61 Å². The van der Waals surface area contributed by atoms with E-state index < -0.39 is 32.7 Å². The highest BCUT2D eigenvalue weighted by molar-refractivity contribution is 14.1. The molecule has 2 saturated heterocycles. The molecule has 0 aromatic heterocycles. The van der Waals surface area contributed by atoms with E-state index in [1.165, 1.54) is 23.6 Å². The van der Waals surface area contributed by atoms with Crippen LogP contribution in [0.5, 0.6) is 11.5 Å². The van der Waals surface area contributed by atoms with Gasteiger partial charge in [0.05, 0.1) is 16.5 Å². The standard InChI is InChI=1S/C12H14Cl3IN2O4S.C6H4O/c1-6(19)17-12(9(21)22-5-11(13,14)15)10(2,4-16)23-8-3-7(20)18(8)12;1-2-4-6-5(3-1)7-6/h8H,3-5H2,1-2H3,(H,17,19);1-4H/t8-,10?,12?;/m1./s1. The first-order valence-electron chi connectivity index (χ1n) is 8.79. The number of hydrogen-bond donors (Lipinski definition) is 1. The van der Waals surface area contributed by atoms with Crippen molar-refractivity contribution in [2.45, 2.75) is 39.8 Å². The maximum absolute atomic E-state index is 12.8. The van der Waals surface area contributed by atoms with Crippen LogP contribution < -0.4 is 10.1 Å². The molecule has 0 radical (unpaired) electrons. The normalized spacial score (nSPS) is 28.1. The molecular formula is C18H18Cl3IN2O5S. The predicted molar refractivity (Wildman–Crippen MR) is 124 cm³/mol. The van der Waals surface area contributed by atoms with Gasteiger partial charge in [-0.05, 0) is 19.1 Å². The third kappa shape index (κ3) is 4.60. The third-order valence-electron chi connectivity index (χ3n) is 4.73. The van der Waals surface area contributed by atoms with E-state index in [0.29, 0.717) is 10.8 Å². The Bertz CT molecular complexity index is 865. The van der Waals surface area contributed by atoms with Crippen LogP contribution in [-0.2, 0) is 19.1 Å². The number of fused-ring (bicyclic) bond motifs is 2. The summed E-state index contributed by atoms with van der Waals surface area (Å²) in [6.45, 7) is 2.61. The van der Waals surface area contributed by atoms with Crippen molar-refractivity contribution >= 4 is 86.9 Å². The van der Waals surface area contributed by atoms with Crippen molar-refractivity contribution in [2.75, 3.05) is 11.0 Å². The number of para-hydroxylation sites is 2. The average molecular weight is 608 g/mol. The molecule has 3 atom stereocenters. The van der Waals surface area contributed by atoms with Crippen molar-refractivity contribution in [3.8, 4) is 11.5 Å². The Labute approximate surface area is 206 Å². The second kappa shape index (κ2) is 8.73. The topological polar surface area (TPSA) is 88.2 Å². The molecule has 0 bridgehead atoms. The summed E-state index contributed by atoms with van der Waals surface area (Å²) in [4.78, 5) is 38.1. The number of β-lactam (4-membered cyclic amide) rings is 1. The van der Waals surface area contributed by atoms with Gasteiger partial charge in [0, 0.05) is 11.4 Å². The highest BCUT2D eigenvalue weighted by atomic mass is 127. The number of alkyl halides is 4. The van der Waals surface area contributed by atoms with Gasteiger partial charge in [0.15, 0.2) is 11.5 Å². The first-order valence-corrected chi connectivity index (χ1v) is 12.3. The van der Waals surface area contributed by atoms with Crippen LogP contribution in [0.15, 0.2) is 24.3 Å². The van der Waals surface area contributed by atoms with E-state index in [2.05, 4.69) is 27.9 Å². The van der Waals surface area contributed by atoms with E-state index in [-0.39, 0.29) is 11.3 Å². The van der Waals surface area contributed by atoms with E-state index in [4.69, 9.17) is 44.3 Å². The van der Waals surface area contributed by atoms with E-state index in [9.17, 15) is 14.4 Å². The number of benzene rings is 1. The second-order valence-corrected chi connectivity index (χ2v) is 12.0. The van der Waals surface area contributed by atoms with Crippen molar-refractivity contribution < 1.29 is 23.9 Å². The first-order chi connectivity index (χ1) is 13.9. The van der Waals surface area contributed by atoms with Crippen LogP contribution in [-0.4, -0.2) is 53.3 Å². The number of nitrogens with one attached hydrogen (secondary N) is 1. The maximum Gasteiger partial charge on any atom is 0.354 e. The number of hydrogen-bond acceptors (Lipinski definition) is 6. The predicted octanol–water partition coefficient (Wildman–Crippen LogP) is 4.02. The van der Waals surface area contributed by atoms with Crippen molar-refractivity contribution in [2.24, 2.45) is 0 Å². The van der Waals surface area contributed by atoms with Crippen LogP contribution in [0.1, 0.15) is 20.3 Å². The summed E-state index contributed by atoms with van der Waals surface area (Å²) in [5, 5.41) is 2.45. The number of ether oxygens (including phenoxy) is 2. The number of rotatable bonds is 4. The molecule has 0 spiro atoms. The first kappa shape index (κ1) is 24.0. The third-order valence-corrected chi connectivity index (χ3v) is 8.71. The summed E-state index contributed by atoms with van der Waals surface area (Å²) < 4.78 is 8.03. The molecule has 164 valence electrons. The van der Waals surface area contributed by atoms with Crippen LogP contribution in [0, 0.1) is 0 Å². The highest BCUT2D eigenvalue weighted by Gasteiger charge is 2.72. The van der Waals surface area contributed by atoms with Crippen LogP contribution in [0.3, 0.4) is 0 Å². The molecular weight excluding hydrogens is 590 g/mol. The molecule has 7 nitrogen and oxygen atoms in total. The zero-order valence-electron chi connectivity index (χ0n) is 15.9. The summed E-state index contributed by atoms with van der Waals surface area (Å²) in [5.74, 6) is 0.578. The smallest absolute Gasteiger partial charge is 0.354 e. The minimum absolute atomic E-state index is 0.186. The fourth-order valence-electron chi connectivity index (χ4n) is 3.33. The van der Waals surface area contributed by atoms with Crippen molar-refractivity contribution in [3.63, 3.8) is 0 Å². The monoisotopic (exact) mass is 606 g/mol. The molecule has 1 N–H and O–H groups in total. The molecule has 2 unspecified atom stereocenters.